The van der Waals surface area contributed by atoms with Crippen LogP contribution in [0.1, 0.15) is 18.4 Å². The van der Waals surface area contributed by atoms with E-state index in [4.69, 9.17) is 14.2 Å². The molecule has 170 valence electrons. The molecule has 8 heteroatoms. The van der Waals surface area contributed by atoms with Gasteiger partial charge in [-0.2, -0.15) is 0 Å². The number of likely N-dealkylation sites (tertiary alicyclic amines) is 1. The Balaban J connectivity index is 1.32. The third kappa shape index (κ3) is 5.99. The van der Waals surface area contributed by atoms with Crippen molar-refractivity contribution >= 4 is 0 Å². The first kappa shape index (κ1) is 22.1. The van der Waals surface area contributed by atoms with Crippen LogP contribution in [-0.4, -0.2) is 63.8 Å². The minimum absolute atomic E-state index is 0.288. The molecule has 0 saturated carbocycles. The molecule has 0 unspecified atom stereocenters. The maximum Gasteiger partial charge on any atom is 0.161 e. The van der Waals surface area contributed by atoms with Crippen molar-refractivity contribution < 1.29 is 19.3 Å². The first-order chi connectivity index (χ1) is 15.6. The van der Waals surface area contributed by atoms with E-state index in [2.05, 4.69) is 15.1 Å². The predicted octanol–water partition coefficient (Wildman–Crippen LogP) is 2.77. The maximum atomic E-state index is 11.1. The van der Waals surface area contributed by atoms with Crippen LogP contribution in [0.15, 0.2) is 61.2 Å². The van der Waals surface area contributed by atoms with Crippen LogP contribution >= 0.6 is 0 Å². The van der Waals surface area contributed by atoms with Crippen LogP contribution in [0.5, 0.6) is 17.2 Å². The molecule has 0 aliphatic carbocycles. The normalized spacial score (nSPS) is 18.9. The Hall–Kier alpha value is -3.10. The van der Waals surface area contributed by atoms with Gasteiger partial charge in [-0.15, -0.1) is 10.2 Å². The molecular formula is C24H30N4O4. The number of benzene rings is 2. The van der Waals surface area contributed by atoms with Crippen molar-refractivity contribution in [1.82, 2.24) is 19.7 Å². The molecule has 1 fully saturated rings. The highest BCUT2D eigenvalue weighted by Crippen LogP contribution is 2.30. The summed E-state index contributed by atoms with van der Waals surface area (Å²) in [5, 5.41) is 18.7. The van der Waals surface area contributed by atoms with E-state index in [-0.39, 0.29) is 6.61 Å². The zero-order valence-corrected chi connectivity index (χ0v) is 18.4. The number of β-amino-alcohol motifs (C(OH)–C–C–N with tert-alkyl or cyclic N) is 1. The largest absolute Gasteiger partial charge is 0.493 e. The van der Waals surface area contributed by atoms with Crippen molar-refractivity contribution in [2.24, 2.45) is 0 Å². The lowest BCUT2D eigenvalue weighted by Crippen LogP contribution is -2.51. The Morgan fingerprint density at radius 2 is 1.84 bits per heavy atom. The summed E-state index contributed by atoms with van der Waals surface area (Å²) in [5.74, 6) is 2.18. The number of para-hydroxylation sites is 1. The molecule has 1 aromatic heterocycles. The average molecular weight is 439 g/mol. The molecule has 32 heavy (non-hydrogen) atoms. The van der Waals surface area contributed by atoms with Gasteiger partial charge >= 0.3 is 0 Å². The third-order valence-electron chi connectivity index (χ3n) is 5.59. The van der Waals surface area contributed by atoms with Crippen molar-refractivity contribution in [2.75, 3.05) is 33.4 Å². The molecule has 1 aliphatic rings. The average Bonchev–Trinajstić information content (AvgIpc) is 3.33. The fourth-order valence-electron chi connectivity index (χ4n) is 3.98. The van der Waals surface area contributed by atoms with Gasteiger partial charge in [0, 0.05) is 13.1 Å². The van der Waals surface area contributed by atoms with E-state index in [0.717, 1.165) is 37.2 Å². The Morgan fingerprint density at radius 3 is 2.62 bits per heavy atom. The van der Waals surface area contributed by atoms with Crippen LogP contribution in [-0.2, 0) is 13.1 Å². The SMILES string of the molecule is COc1cc(CN2CCC[C@](O)(COc3ccccc3)C2)ccc1OCCn1cnnc1. The second-order valence-corrected chi connectivity index (χ2v) is 8.17. The molecule has 0 radical (unpaired) electrons. The quantitative estimate of drug-likeness (QED) is 0.521. The molecule has 4 rings (SSSR count). The highest BCUT2D eigenvalue weighted by atomic mass is 16.5. The number of methoxy groups -OCH3 is 1. The number of ether oxygens (including phenoxy) is 3. The van der Waals surface area contributed by atoms with E-state index < -0.39 is 5.60 Å². The fourth-order valence-corrected chi connectivity index (χ4v) is 3.98. The van der Waals surface area contributed by atoms with Gasteiger partial charge in [0.05, 0.1) is 13.7 Å². The van der Waals surface area contributed by atoms with Gasteiger partial charge in [0.2, 0.25) is 0 Å². The number of hydrogen-bond acceptors (Lipinski definition) is 7. The summed E-state index contributed by atoms with van der Waals surface area (Å²) < 4.78 is 19.1. The minimum atomic E-state index is -0.858. The van der Waals surface area contributed by atoms with Crippen LogP contribution in [0.2, 0.25) is 0 Å². The van der Waals surface area contributed by atoms with Crippen molar-refractivity contribution in [3.8, 4) is 17.2 Å². The predicted molar refractivity (Wildman–Crippen MR) is 120 cm³/mol. The molecule has 3 aromatic rings. The van der Waals surface area contributed by atoms with Gasteiger partial charge in [0.25, 0.3) is 0 Å². The van der Waals surface area contributed by atoms with Gasteiger partial charge in [-0.05, 0) is 49.2 Å². The molecule has 2 aromatic carbocycles. The fraction of sp³-hybridized carbons (Fsp3) is 0.417. The summed E-state index contributed by atoms with van der Waals surface area (Å²) >= 11 is 0. The van der Waals surface area contributed by atoms with Crippen LogP contribution in [0.4, 0.5) is 0 Å². The lowest BCUT2D eigenvalue weighted by Gasteiger charge is -2.39. The highest BCUT2D eigenvalue weighted by Gasteiger charge is 2.34. The minimum Gasteiger partial charge on any atom is -0.493 e. The second kappa shape index (κ2) is 10.5. The maximum absolute atomic E-state index is 11.1. The number of aliphatic hydroxyl groups is 1. The van der Waals surface area contributed by atoms with E-state index in [9.17, 15) is 5.11 Å². The zero-order valence-electron chi connectivity index (χ0n) is 18.4. The summed E-state index contributed by atoms with van der Waals surface area (Å²) in [7, 11) is 1.65. The zero-order chi connectivity index (χ0) is 22.2. The Morgan fingerprint density at radius 1 is 1.03 bits per heavy atom. The lowest BCUT2D eigenvalue weighted by molar-refractivity contribution is -0.0621. The van der Waals surface area contributed by atoms with Gasteiger partial charge in [0.1, 0.15) is 37.2 Å². The first-order valence-electron chi connectivity index (χ1n) is 10.9. The molecule has 1 saturated heterocycles. The highest BCUT2D eigenvalue weighted by molar-refractivity contribution is 5.43. The molecular weight excluding hydrogens is 408 g/mol. The molecule has 1 aliphatic heterocycles. The van der Waals surface area contributed by atoms with Crippen LogP contribution in [0, 0.1) is 0 Å². The molecule has 1 atom stereocenters. The van der Waals surface area contributed by atoms with E-state index >= 15 is 0 Å². The van der Waals surface area contributed by atoms with Crippen LogP contribution in [0.25, 0.3) is 0 Å². The summed E-state index contributed by atoms with van der Waals surface area (Å²) in [6.07, 6.45) is 4.98. The number of nitrogens with zero attached hydrogens (tertiary/aromatic N) is 4. The van der Waals surface area contributed by atoms with E-state index in [1.165, 1.54) is 0 Å². The lowest BCUT2D eigenvalue weighted by atomic mass is 9.93. The molecule has 8 nitrogen and oxygen atoms in total. The van der Waals surface area contributed by atoms with Gasteiger partial charge in [-0.1, -0.05) is 24.3 Å². The van der Waals surface area contributed by atoms with Gasteiger partial charge in [0.15, 0.2) is 11.5 Å². The Bertz CT molecular complexity index is 967. The topological polar surface area (TPSA) is 81.9 Å². The third-order valence-corrected chi connectivity index (χ3v) is 5.59. The number of aromatic nitrogens is 3. The second-order valence-electron chi connectivity index (χ2n) is 8.17. The number of rotatable bonds is 10. The summed E-state index contributed by atoms with van der Waals surface area (Å²) in [6, 6.07) is 15.6. The van der Waals surface area contributed by atoms with Crippen LogP contribution in [0.3, 0.4) is 0 Å². The van der Waals surface area contributed by atoms with E-state index in [1.54, 1.807) is 19.8 Å². The smallest absolute Gasteiger partial charge is 0.161 e. The van der Waals surface area contributed by atoms with Crippen LogP contribution < -0.4 is 14.2 Å². The summed E-state index contributed by atoms with van der Waals surface area (Å²) in [6.45, 7) is 3.68. The van der Waals surface area contributed by atoms with E-state index in [1.807, 2.05) is 53.1 Å². The Labute approximate surface area is 188 Å². The van der Waals surface area contributed by atoms with Gasteiger partial charge < -0.3 is 23.9 Å². The standard InChI is InChI=1S/C24H30N4O4/c1-30-23-14-20(8-9-22(23)31-13-12-28-18-25-26-19-28)15-27-11-5-10-24(29,16-27)17-32-21-6-3-2-4-7-21/h2-4,6-9,14,18-19,29H,5,10-13,15-17H2,1H3/t24-/m1/s1. The van der Waals surface area contributed by atoms with Gasteiger partial charge in [-0.25, -0.2) is 0 Å². The summed E-state index contributed by atoms with van der Waals surface area (Å²) in [5.41, 5.74) is 0.255. The van der Waals surface area contributed by atoms with E-state index in [0.29, 0.717) is 31.2 Å². The number of piperidine rings is 1. The van der Waals surface area contributed by atoms with Crippen molar-refractivity contribution in [1.29, 1.82) is 0 Å². The number of hydrogen-bond donors (Lipinski definition) is 1. The molecule has 1 N–H and O–H groups in total. The van der Waals surface area contributed by atoms with Crippen molar-refractivity contribution in [3.05, 3.63) is 66.7 Å². The molecule has 2 heterocycles. The first-order valence-corrected chi connectivity index (χ1v) is 10.9. The molecule has 0 amide bonds. The van der Waals surface area contributed by atoms with Crippen molar-refractivity contribution in [2.45, 2.75) is 31.5 Å². The Kier molecular flexibility index (Phi) is 7.24. The van der Waals surface area contributed by atoms with Gasteiger partial charge in [-0.3, -0.25) is 4.90 Å². The monoisotopic (exact) mass is 438 g/mol. The molecule has 0 bridgehead atoms. The summed E-state index contributed by atoms with van der Waals surface area (Å²) in [4.78, 5) is 2.26. The van der Waals surface area contributed by atoms with Crippen molar-refractivity contribution in [3.63, 3.8) is 0 Å². The molecule has 0 spiro atoms.